The van der Waals surface area contributed by atoms with Crippen LogP contribution in [-0.2, 0) is 12.8 Å². The highest BCUT2D eigenvalue weighted by Crippen LogP contribution is 2.30. The molecule has 0 amide bonds. The molecule has 0 fully saturated rings. The van der Waals surface area contributed by atoms with E-state index in [4.69, 9.17) is 19.9 Å². The van der Waals surface area contributed by atoms with Crippen molar-refractivity contribution in [3.63, 3.8) is 0 Å². The van der Waals surface area contributed by atoms with Crippen LogP contribution in [0.4, 0.5) is 0 Å². The maximum Gasteiger partial charge on any atom is 0.113 e. The van der Waals surface area contributed by atoms with Crippen molar-refractivity contribution in [2.75, 3.05) is 0 Å². The van der Waals surface area contributed by atoms with E-state index in [0.29, 0.717) is 0 Å². The van der Waals surface area contributed by atoms with Gasteiger partial charge in [-0.3, -0.25) is 0 Å². The molecule has 0 saturated carbocycles. The average Bonchev–Trinajstić information content (AvgIpc) is 2.76. The van der Waals surface area contributed by atoms with Gasteiger partial charge in [0.2, 0.25) is 0 Å². The highest BCUT2D eigenvalue weighted by Gasteiger charge is 2.21. The summed E-state index contributed by atoms with van der Waals surface area (Å²) < 4.78 is 0. The van der Waals surface area contributed by atoms with Gasteiger partial charge < -0.3 is 0 Å². The number of benzene rings is 2. The molecular weight excluding hydrogens is 284 g/mol. The van der Waals surface area contributed by atoms with E-state index in [1.165, 1.54) is 0 Å². The predicted octanol–water partition coefficient (Wildman–Crippen LogP) is 3.73. The Labute approximate surface area is 133 Å². The normalized spacial score (nSPS) is 13.6. The zero-order chi connectivity index (χ0) is 15.2. The number of fused-ring (bicyclic) bond motifs is 5. The van der Waals surface area contributed by atoms with Crippen LogP contribution in [-0.4, -0.2) is 19.9 Å². The lowest BCUT2D eigenvalue weighted by atomic mass is 10.1. The summed E-state index contributed by atoms with van der Waals surface area (Å²) in [6.45, 7) is 0. The molecule has 4 aromatic rings. The van der Waals surface area contributed by atoms with Gasteiger partial charge in [-0.2, -0.15) is 0 Å². The quantitative estimate of drug-likeness (QED) is 0.496. The Morgan fingerprint density at radius 3 is 1.35 bits per heavy atom. The highest BCUT2D eigenvalue weighted by atomic mass is 14.9. The second-order valence-electron chi connectivity index (χ2n) is 5.87. The number of aryl methyl sites for hydroxylation is 2. The standard InChI is InChI=1S/C19H14N4/c1-3-8-14-12(6-1)20-16-10-5-11-17-19(18(16)22-14)23-15-9-4-2-7-13(15)21-17/h1-4,6-9H,5,10-11H2. The number of nitrogens with zero attached hydrogens (tertiary/aromatic N) is 4. The summed E-state index contributed by atoms with van der Waals surface area (Å²) in [4.78, 5) is 19.4. The minimum atomic E-state index is 0.898. The largest absolute Gasteiger partial charge is 0.249 e. The molecule has 0 radical (unpaired) electrons. The lowest BCUT2D eigenvalue weighted by Crippen LogP contribution is -2.01. The Balaban J connectivity index is 1.85. The first kappa shape index (κ1) is 12.6. The number of para-hydroxylation sites is 4. The summed E-state index contributed by atoms with van der Waals surface area (Å²) >= 11 is 0. The van der Waals surface area contributed by atoms with Gasteiger partial charge in [-0.25, -0.2) is 19.9 Å². The van der Waals surface area contributed by atoms with Crippen LogP contribution in [0.2, 0.25) is 0 Å². The van der Waals surface area contributed by atoms with E-state index in [1.807, 2.05) is 48.5 Å². The van der Waals surface area contributed by atoms with Crippen LogP contribution in [0.3, 0.4) is 0 Å². The Morgan fingerprint density at radius 2 is 0.913 bits per heavy atom. The fraction of sp³-hybridized carbons (Fsp3) is 0.158. The van der Waals surface area contributed by atoms with Crippen LogP contribution in [0.15, 0.2) is 48.5 Å². The molecule has 0 bridgehead atoms. The molecule has 0 unspecified atom stereocenters. The molecule has 5 rings (SSSR count). The highest BCUT2D eigenvalue weighted by molar-refractivity contribution is 5.81. The molecule has 0 atom stereocenters. The molecule has 0 N–H and O–H groups in total. The predicted molar refractivity (Wildman–Crippen MR) is 90.1 cm³/mol. The van der Waals surface area contributed by atoms with E-state index in [0.717, 1.165) is 64.1 Å². The maximum absolute atomic E-state index is 4.86. The van der Waals surface area contributed by atoms with E-state index < -0.39 is 0 Å². The topological polar surface area (TPSA) is 51.6 Å². The fourth-order valence-electron chi connectivity index (χ4n) is 3.22. The van der Waals surface area contributed by atoms with Crippen molar-refractivity contribution in [1.29, 1.82) is 0 Å². The summed E-state index contributed by atoms with van der Waals surface area (Å²) in [6, 6.07) is 16.0. The molecule has 2 aromatic heterocycles. The third kappa shape index (κ3) is 1.99. The monoisotopic (exact) mass is 298 g/mol. The Bertz CT molecular complexity index is 970. The summed E-state index contributed by atoms with van der Waals surface area (Å²) in [7, 11) is 0. The minimum absolute atomic E-state index is 0.898. The van der Waals surface area contributed by atoms with Gasteiger partial charge >= 0.3 is 0 Å². The zero-order valence-corrected chi connectivity index (χ0v) is 12.5. The van der Waals surface area contributed by atoms with Gasteiger partial charge in [-0.05, 0) is 43.5 Å². The molecule has 1 aliphatic rings. The second kappa shape index (κ2) is 4.81. The fourth-order valence-corrected chi connectivity index (χ4v) is 3.22. The van der Waals surface area contributed by atoms with E-state index in [1.54, 1.807) is 0 Å². The Kier molecular flexibility index (Phi) is 2.65. The molecule has 110 valence electrons. The van der Waals surface area contributed by atoms with E-state index in [9.17, 15) is 0 Å². The van der Waals surface area contributed by atoms with Gasteiger partial charge in [0.1, 0.15) is 11.4 Å². The van der Waals surface area contributed by atoms with Crippen molar-refractivity contribution >= 4 is 22.1 Å². The summed E-state index contributed by atoms with van der Waals surface area (Å²) in [5, 5.41) is 0. The van der Waals surface area contributed by atoms with Crippen LogP contribution in [0, 0.1) is 0 Å². The third-order valence-corrected chi connectivity index (χ3v) is 4.34. The molecule has 1 aliphatic carbocycles. The number of hydrogen-bond donors (Lipinski definition) is 0. The van der Waals surface area contributed by atoms with Crippen LogP contribution < -0.4 is 0 Å². The van der Waals surface area contributed by atoms with Gasteiger partial charge in [0.25, 0.3) is 0 Å². The van der Waals surface area contributed by atoms with E-state index in [2.05, 4.69) is 0 Å². The Hall–Kier alpha value is -2.88. The van der Waals surface area contributed by atoms with Crippen molar-refractivity contribution in [1.82, 2.24) is 19.9 Å². The van der Waals surface area contributed by atoms with Crippen molar-refractivity contribution in [2.24, 2.45) is 0 Å². The van der Waals surface area contributed by atoms with Crippen molar-refractivity contribution < 1.29 is 0 Å². The molecular formula is C19H14N4. The average molecular weight is 298 g/mol. The molecule has 0 saturated heterocycles. The number of rotatable bonds is 0. The van der Waals surface area contributed by atoms with Gasteiger partial charge in [-0.1, -0.05) is 24.3 Å². The van der Waals surface area contributed by atoms with Crippen LogP contribution in [0.5, 0.6) is 0 Å². The van der Waals surface area contributed by atoms with Crippen LogP contribution in [0.25, 0.3) is 33.5 Å². The van der Waals surface area contributed by atoms with E-state index >= 15 is 0 Å². The van der Waals surface area contributed by atoms with E-state index in [-0.39, 0.29) is 0 Å². The first-order valence-corrected chi connectivity index (χ1v) is 7.90. The molecule has 0 spiro atoms. The van der Waals surface area contributed by atoms with Crippen molar-refractivity contribution in [2.45, 2.75) is 19.3 Å². The third-order valence-electron chi connectivity index (χ3n) is 4.34. The van der Waals surface area contributed by atoms with Gasteiger partial charge in [-0.15, -0.1) is 0 Å². The zero-order valence-electron chi connectivity index (χ0n) is 12.5. The molecule has 2 heterocycles. The van der Waals surface area contributed by atoms with Crippen molar-refractivity contribution in [3.8, 4) is 11.4 Å². The molecule has 23 heavy (non-hydrogen) atoms. The number of aromatic nitrogens is 4. The summed E-state index contributed by atoms with van der Waals surface area (Å²) in [6.07, 6.45) is 2.86. The maximum atomic E-state index is 4.86. The molecule has 4 nitrogen and oxygen atoms in total. The number of hydrogen-bond acceptors (Lipinski definition) is 4. The Morgan fingerprint density at radius 1 is 0.522 bits per heavy atom. The van der Waals surface area contributed by atoms with Gasteiger partial charge in [0, 0.05) is 0 Å². The molecule has 2 aromatic carbocycles. The second-order valence-corrected chi connectivity index (χ2v) is 5.87. The van der Waals surface area contributed by atoms with Gasteiger partial charge in [0.15, 0.2) is 0 Å². The lowest BCUT2D eigenvalue weighted by molar-refractivity contribution is 0.800. The lowest BCUT2D eigenvalue weighted by Gasteiger charge is -2.09. The summed E-state index contributed by atoms with van der Waals surface area (Å²) in [5.74, 6) is 0. The van der Waals surface area contributed by atoms with Crippen molar-refractivity contribution in [3.05, 3.63) is 59.9 Å². The first-order valence-electron chi connectivity index (χ1n) is 7.90. The molecule has 4 heteroatoms. The van der Waals surface area contributed by atoms with Crippen LogP contribution >= 0.6 is 0 Å². The van der Waals surface area contributed by atoms with Gasteiger partial charge in [0.05, 0.1) is 33.5 Å². The van der Waals surface area contributed by atoms with Crippen LogP contribution in [0.1, 0.15) is 17.8 Å². The first-order chi connectivity index (χ1) is 11.4. The SMILES string of the molecule is c1ccc2nc3c(nc2c1)CCCc1nc2ccccc2nc1-3. The summed E-state index contributed by atoms with van der Waals surface area (Å²) in [5.41, 5.74) is 7.58. The molecule has 0 aliphatic heterocycles. The smallest absolute Gasteiger partial charge is 0.113 e. The minimum Gasteiger partial charge on any atom is -0.249 e.